The van der Waals surface area contributed by atoms with E-state index in [1.807, 2.05) is 74.5 Å². The van der Waals surface area contributed by atoms with Crippen LogP contribution in [0.1, 0.15) is 31.9 Å². The SMILES string of the molecule is CO[C@@]1(c2ccccc2)C(=O)N2[C@@H]1SC(C)(C)[C@]2(NC(C)=O)C(=O)OCc1ccccc1. The molecule has 0 bridgehead atoms. The molecule has 2 aromatic carbocycles. The third kappa shape index (κ3) is 3.04. The van der Waals surface area contributed by atoms with Gasteiger partial charge in [-0.3, -0.25) is 14.5 Å². The van der Waals surface area contributed by atoms with Gasteiger partial charge in [-0.1, -0.05) is 60.7 Å². The number of nitrogens with one attached hydrogen (secondary N) is 1. The molecule has 168 valence electrons. The Labute approximate surface area is 191 Å². The first-order valence-corrected chi connectivity index (χ1v) is 11.2. The summed E-state index contributed by atoms with van der Waals surface area (Å²) in [7, 11) is 1.49. The zero-order valence-electron chi connectivity index (χ0n) is 18.5. The molecule has 0 unspecified atom stereocenters. The van der Waals surface area contributed by atoms with E-state index >= 15 is 0 Å². The minimum absolute atomic E-state index is 0.0303. The fourth-order valence-corrected chi connectivity index (χ4v) is 6.39. The van der Waals surface area contributed by atoms with Gasteiger partial charge in [0, 0.05) is 14.0 Å². The van der Waals surface area contributed by atoms with E-state index in [1.165, 1.54) is 30.7 Å². The van der Waals surface area contributed by atoms with Gasteiger partial charge in [0.25, 0.3) is 5.91 Å². The van der Waals surface area contributed by atoms with Crippen LogP contribution in [0.15, 0.2) is 60.7 Å². The average molecular weight is 455 g/mol. The summed E-state index contributed by atoms with van der Waals surface area (Å²) in [4.78, 5) is 40.9. The number of amides is 2. The van der Waals surface area contributed by atoms with Gasteiger partial charge in [-0.15, -0.1) is 11.8 Å². The zero-order chi connectivity index (χ0) is 23.1. The fourth-order valence-electron chi connectivity index (χ4n) is 4.57. The topological polar surface area (TPSA) is 84.9 Å². The van der Waals surface area contributed by atoms with Crippen LogP contribution in [-0.4, -0.2) is 45.6 Å². The highest BCUT2D eigenvalue weighted by molar-refractivity contribution is 8.01. The summed E-state index contributed by atoms with van der Waals surface area (Å²) in [6.45, 7) is 5.01. The Morgan fingerprint density at radius 1 is 1.06 bits per heavy atom. The van der Waals surface area contributed by atoms with E-state index in [2.05, 4.69) is 5.32 Å². The van der Waals surface area contributed by atoms with E-state index in [1.54, 1.807) is 0 Å². The molecule has 0 aliphatic carbocycles. The second-order valence-electron chi connectivity index (χ2n) is 8.41. The number of fused-ring (bicyclic) bond motifs is 1. The first-order chi connectivity index (χ1) is 15.2. The molecule has 4 rings (SSSR count). The van der Waals surface area contributed by atoms with E-state index < -0.39 is 33.3 Å². The molecule has 2 aliphatic rings. The van der Waals surface area contributed by atoms with Crippen LogP contribution in [-0.2, 0) is 36.1 Å². The number of nitrogens with zero attached hydrogens (tertiary/aromatic N) is 1. The summed E-state index contributed by atoms with van der Waals surface area (Å²) in [5.41, 5.74) is -1.41. The van der Waals surface area contributed by atoms with Gasteiger partial charge in [0.05, 0.1) is 4.75 Å². The van der Waals surface area contributed by atoms with Gasteiger partial charge in [-0.05, 0) is 25.0 Å². The summed E-state index contributed by atoms with van der Waals surface area (Å²) in [5.74, 6) is -1.50. The van der Waals surface area contributed by atoms with Crippen molar-refractivity contribution in [1.82, 2.24) is 10.2 Å². The molecule has 2 aromatic rings. The molecule has 0 spiro atoms. The van der Waals surface area contributed by atoms with Crippen LogP contribution in [0.4, 0.5) is 0 Å². The molecule has 2 heterocycles. The Balaban J connectivity index is 1.74. The third-order valence-corrected chi connectivity index (χ3v) is 7.80. The number of ether oxygens (including phenoxy) is 2. The number of methoxy groups -OCH3 is 1. The van der Waals surface area contributed by atoms with Crippen LogP contribution in [0.25, 0.3) is 0 Å². The van der Waals surface area contributed by atoms with Gasteiger partial charge < -0.3 is 14.8 Å². The van der Waals surface area contributed by atoms with Crippen molar-refractivity contribution in [3.8, 4) is 0 Å². The summed E-state index contributed by atoms with van der Waals surface area (Å²) < 4.78 is 10.6. The van der Waals surface area contributed by atoms with Crippen molar-refractivity contribution >= 4 is 29.5 Å². The number of β-lactam (4-membered cyclic amide) rings is 1. The molecule has 2 saturated heterocycles. The fraction of sp³-hybridized carbons (Fsp3) is 0.375. The number of benzene rings is 2. The second kappa shape index (κ2) is 7.94. The van der Waals surface area contributed by atoms with Crippen molar-refractivity contribution in [3.63, 3.8) is 0 Å². The smallest absolute Gasteiger partial charge is 0.355 e. The second-order valence-corrected chi connectivity index (χ2v) is 10.1. The number of esters is 1. The predicted octanol–water partition coefficient (Wildman–Crippen LogP) is 2.80. The molecule has 0 radical (unpaired) electrons. The number of rotatable bonds is 6. The first-order valence-electron chi connectivity index (χ1n) is 10.3. The highest BCUT2D eigenvalue weighted by Crippen LogP contribution is 2.63. The molecule has 2 amide bonds. The lowest BCUT2D eigenvalue weighted by Gasteiger charge is -2.55. The van der Waals surface area contributed by atoms with E-state index in [9.17, 15) is 14.4 Å². The summed E-state index contributed by atoms with van der Waals surface area (Å²) >= 11 is 1.41. The maximum absolute atomic E-state index is 13.7. The largest absolute Gasteiger partial charge is 0.458 e. The van der Waals surface area contributed by atoms with Crippen LogP contribution < -0.4 is 5.32 Å². The molecule has 7 nitrogen and oxygen atoms in total. The molecule has 1 N–H and O–H groups in total. The Morgan fingerprint density at radius 3 is 2.22 bits per heavy atom. The van der Waals surface area contributed by atoms with Crippen molar-refractivity contribution in [3.05, 3.63) is 71.8 Å². The Morgan fingerprint density at radius 2 is 1.66 bits per heavy atom. The van der Waals surface area contributed by atoms with Crippen molar-refractivity contribution < 1.29 is 23.9 Å². The van der Waals surface area contributed by atoms with Gasteiger partial charge in [0.15, 0.2) is 0 Å². The Bertz CT molecular complexity index is 1040. The molecule has 0 saturated carbocycles. The zero-order valence-corrected chi connectivity index (χ0v) is 19.3. The van der Waals surface area contributed by atoms with Gasteiger partial charge in [-0.2, -0.15) is 0 Å². The Hall–Kier alpha value is -2.84. The maximum Gasteiger partial charge on any atom is 0.355 e. The Kier molecular flexibility index (Phi) is 5.55. The first kappa shape index (κ1) is 22.4. The maximum atomic E-state index is 13.7. The van der Waals surface area contributed by atoms with Crippen molar-refractivity contribution in [2.75, 3.05) is 7.11 Å². The van der Waals surface area contributed by atoms with Crippen LogP contribution in [0, 0.1) is 0 Å². The summed E-state index contributed by atoms with van der Waals surface area (Å²) in [6, 6.07) is 18.5. The van der Waals surface area contributed by atoms with Gasteiger partial charge in [0.2, 0.25) is 17.2 Å². The molecule has 2 aliphatic heterocycles. The van der Waals surface area contributed by atoms with Crippen molar-refractivity contribution in [2.45, 2.75) is 48.8 Å². The number of hydrogen-bond donors (Lipinski definition) is 1. The minimum Gasteiger partial charge on any atom is -0.458 e. The van der Waals surface area contributed by atoms with Crippen molar-refractivity contribution in [1.29, 1.82) is 0 Å². The van der Waals surface area contributed by atoms with Crippen LogP contribution in [0.5, 0.6) is 0 Å². The molecular weight excluding hydrogens is 428 g/mol. The number of hydrogen-bond acceptors (Lipinski definition) is 6. The summed E-state index contributed by atoms with van der Waals surface area (Å²) in [6.07, 6.45) is 0. The van der Waals surface area contributed by atoms with E-state index in [0.29, 0.717) is 5.56 Å². The van der Waals surface area contributed by atoms with E-state index in [0.717, 1.165) is 5.56 Å². The molecule has 0 aromatic heterocycles. The van der Waals surface area contributed by atoms with Gasteiger partial charge >= 0.3 is 5.97 Å². The molecule has 8 heteroatoms. The molecule has 3 atom stereocenters. The van der Waals surface area contributed by atoms with Gasteiger partial charge in [0.1, 0.15) is 12.0 Å². The third-order valence-electron chi connectivity index (χ3n) is 6.15. The number of carbonyl (C=O) groups excluding carboxylic acids is 3. The summed E-state index contributed by atoms with van der Waals surface area (Å²) in [5, 5.41) is 2.25. The quantitative estimate of drug-likeness (QED) is 0.534. The van der Waals surface area contributed by atoms with Crippen LogP contribution >= 0.6 is 11.8 Å². The lowest BCUT2D eigenvalue weighted by Crippen LogP contribution is -2.81. The highest BCUT2D eigenvalue weighted by Gasteiger charge is 2.79. The molecular formula is C24H26N2O5S. The normalized spacial score (nSPS) is 27.9. The predicted molar refractivity (Wildman–Crippen MR) is 120 cm³/mol. The molecule has 32 heavy (non-hydrogen) atoms. The standard InChI is InChI=1S/C24H26N2O5S/c1-16(27)25-24(21(29)31-15-17-11-7-5-8-12-17)22(2,3)32-20-23(30-4,19(28)26(20)24)18-13-9-6-10-14-18/h5-14,20H,15H2,1-4H3,(H,25,27)/t20-,23+,24+/m1/s1. The average Bonchev–Trinajstić information content (AvgIpc) is 2.99. The number of carbonyl (C=O) groups is 3. The van der Waals surface area contributed by atoms with Crippen molar-refractivity contribution in [2.24, 2.45) is 0 Å². The van der Waals surface area contributed by atoms with Crippen LogP contribution in [0.2, 0.25) is 0 Å². The minimum atomic E-state index is -1.67. The molecule has 2 fully saturated rings. The lowest BCUT2D eigenvalue weighted by atomic mass is 9.79. The monoisotopic (exact) mass is 454 g/mol. The lowest BCUT2D eigenvalue weighted by molar-refractivity contribution is -0.211. The van der Waals surface area contributed by atoms with E-state index in [4.69, 9.17) is 9.47 Å². The van der Waals surface area contributed by atoms with E-state index in [-0.39, 0.29) is 12.5 Å². The highest BCUT2D eigenvalue weighted by atomic mass is 32.2. The number of thioether (sulfide) groups is 1. The van der Waals surface area contributed by atoms with Crippen LogP contribution in [0.3, 0.4) is 0 Å². The van der Waals surface area contributed by atoms with Gasteiger partial charge in [-0.25, -0.2) is 4.79 Å².